The molecule has 1 heteroatoms. The first-order valence-electron chi connectivity index (χ1n) is 3.38. The molecule has 0 aliphatic rings. The minimum atomic E-state index is 1.02. The summed E-state index contributed by atoms with van der Waals surface area (Å²) in [5, 5.41) is 0. The van der Waals surface area contributed by atoms with E-state index in [2.05, 4.69) is 24.0 Å². The molecule has 1 aromatic carbocycles. The molecule has 0 atom stereocenters. The van der Waals surface area contributed by atoms with Gasteiger partial charge in [-0.1, -0.05) is 17.7 Å². The van der Waals surface area contributed by atoms with Crippen molar-refractivity contribution in [3.8, 4) is 0 Å². The highest BCUT2D eigenvalue weighted by molar-refractivity contribution is 5.60. The van der Waals surface area contributed by atoms with Gasteiger partial charge in [0.2, 0.25) is 0 Å². The van der Waals surface area contributed by atoms with Crippen molar-refractivity contribution < 1.29 is 0 Å². The third kappa shape index (κ3) is 1.69. The molecule has 0 radical (unpaired) electrons. The molecule has 52 valence electrons. The van der Waals surface area contributed by atoms with Gasteiger partial charge in [0, 0.05) is 6.21 Å². The second-order valence-electron chi connectivity index (χ2n) is 2.22. The lowest BCUT2D eigenvalue weighted by Crippen LogP contribution is -1.68. The van der Waals surface area contributed by atoms with Crippen LogP contribution in [0.15, 0.2) is 29.3 Å². The van der Waals surface area contributed by atoms with E-state index >= 15 is 0 Å². The van der Waals surface area contributed by atoms with Gasteiger partial charge in [-0.2, -0.15) is 0 Å². The Bertz CT molecular complexity index is 221. The summed E-state index contributed by atoms with van der Waals surface area (Å²) in [7, 11) is 0. The van der Waals surface area contributed by atoms with Crippen LogP contribution in [0.1, 0.15) is 12.5 Å². The molecule has 10 heavy (non-hydrogen) atoms. The maximum Gasteiger partial charge on any atom is 0.0625 e. The molecule has 0 saturated heterocycles. The van der Waals surface area contributed by atoms with Crippen molar-refractivity contribution in [2.75, 3.05) is 0 Å². The summed E-state index contributed by atoms with van der Waals surface area (Å²) in [4.78, 5) is 4.12. The Kier molecular flexibility index (Phi) is 2.21. The molecular weight excluding hydrogens is 122 g/mol. The Balaban J connectivity index is 2.89. The van der Waals surface area contributed by atoms with Gasteiger partial charge in [0.25, 0.3) is 0 Å². The molecule has 0 heterocycles. The van der Waals surface area contributed by atoms with Crippen LogP contribution in [0.25, 0.3) is 0 Å². The number of aliphatic imine (C=N–C) groups is 1. The molecule has 1 aromatic rings. The predicted octanol–water partition coefficient (Wildman–Crippen LogP) is 2.72. The largest absolute Gasteiger partial charge is 0.262 e. The van der Waals surface area contributed by atoms with Gasteiger partial charge in [0.15, 0.2) is 0 Å². The number of rotatable bonds is 1. The zero-order chi connectivity index (χ0) is 7.40. The molecular formula is C9H11N. The Labute approximate surface area is 61.4 Å². The minimum absolute atomic E-state index is 1.02. The van der Waals surface area contributed by atoms with Crippen LogP contribution in [0.5, 0.6) is 0 Å². The van der Waals surface area contributed by atoms with E-state index in [0.29, 0.717) is 0 Å². The van der Waals surface area contributed by atoms with Crippen molar-refractivity contribution in [3.05, 3.63) is 29.8 Å². The van der Waals surface area contributed by atoms with Crippen molar-refractivity contribution >= 4 is 11.9 Å². The van der Waals surface area contributed by atoms with E-state index in [1.54, 1.807) is 6.21 Å². The average molecular weight is 133 g/mol. The molecule has 0 unspecified atom stereocenters. The normalized spacial score (nSPS) is 10.6. The number of benzene rings is 1. The standard InChI is InChI=1S/C9H11N/c1-3-10-9-6-4-8(2)5-7-9/h3-7H,1-2H3. The Morgan fingerprint density at radius 3 is 2.30 bits per heavy atom. The molecule has 1 rings (SSSR count). The Morgan fingerprint density at radius 2 is 1.80 bits per heavy atom. The summed E-state index contributed by atoms with van der Waals surface area (Å²) in [6.45, 7) is 3.99. The lowest BCUT2D eigenvalue weighted by molar-refractivity contribution is 1.44. The fourth-order valence-electron chi connectivity index (χ4n) is 0.780. The molecule has 0 aliphatic carbocycles. The van der Waals surface area contributed by atoms with Crippen molar-refractivity contribution in [2.24, 2.45) is 4.99 Å². The van der Waals surface area contributed by atoms with Crippen LogP contribution >= 0.6 is 0 Å². The van der Waals surface area contributed by atoms with Crippen LogP contribution in [-0.4, -0.2) is 6.21 Å². The second-order valence-corrected chi connectivity index (χ2v) is 2.22. The molecule has 0 fully saturated rings. The Morgan fingerprint density at radius 1 is 1.20 bits per heavy atom. The first-order chi connectivity index (χ1) is 4.83. The maximum atomic E-state index is 4.12. The summed E-state index contributed by atoms with van der Waals surface area (Å²) in [6.07, 6.45) is 1.80. The molecule has 0 saturated carbocycles. The predicted molar refractivity (Wildman–Crippen MR) is 45.0 cm³/mol. The van der Waals surface area contributed by atoms with Crippen LogP contribution < -0.4 is 0 Å². The van der Waals surface area contributed by atoms with Crippen LogP contribution in [0.4, 0.5) is 5.69 Å². The quantitative estimate of drug-likeness (QED) is 0.522. The first kappa shape index (κ1) is 7.00. The summed E-state index contributed by atoms with van der Waals surface area (Å²) < 4.78 is 0. The summed E-state index contributed by atoms with van der Waals surface area (Å²) >= 11 is 0. The topological polar surface area (TPSA) is 12.4 Å². The van der Waals surface area contributed by atoms with Gasteiger partial charge < -0.3 is 0 Å². The van der Waals surface area contributed by atoms with Crippen LogP contribution in [0.3, 0.4) is 0 Å². The molecule has 0 aliphatic heterocycles. The van der Waals surface area contributed by atoms with E-state index in [-0.39, 0.29) is 0 Å². The van der Waals surface area contributed by atoms with E-state index in [1.165, 1.54) is 5.56 Å². The highest BCUT2D eigenvalue weighted by Crippen LogP contribution is 2.10. The smallest absolute Gasteiger partial charge is 0.0625 e. The average Bonchev–Trinajstić information content (AvgIpc) is 1.95. The lowest BCUT2D eigenvalue weighted by atomic mass is 10.2. The van der Waals surface area contributed by atoms with Crippen LogP contribution in [0, 0.1) is 6.92 Å². The van der Waals surface area contributed by atoms with Crippen molar-refractivity contribution in [3.63, 3.8) is 0 Å². The van der Waals surface area contributed by atoms with Gasteiger partial charge in [-0.3, -0.25) is 4.99 Å². The molecule has 0 spiro atoms. The fraction of sp³-hybridized carbons (Fsp3) is 0.222. The number of aryl methyl sites for hydroxylation is 1. The van der Waals surface area contributed by atoms with Gasteiger partial charge in [0.05, 0.1) is 5.69 Å². The third-order valence-electron chi connectivity index (χ3n) is 1.31. The molecule has 0 amide bonds. The van der Waals surface area contributed by atoms with Crippen molar-refractivity contribution in [1.29, 1.82) is 0 Å². The maximum absolute atomic E-state index is 4.12. The van der Waals surface area contributed by atoms with Gasteiger partial charge in [-0.15, -0.1) is 0 Å². The SMILES string of the molecule is CC=Nc1ccc(C)cc1. The van der Waals surface area contributed by atoms with Gasteiger partial charge in [-0.25, -0.2) is 0 Å². The van der Waals surface area contributed by atoms with E-state index < -0.39 is 0 Å². The van der Waals surface area contributed by atoms with Gasteiger partial charge in [-0.05, 0) is 26.0 Å². The van der Waals surface area contributed by atoms with E-state index in [4.69, 9.17) is 0 Å². The summed E-state index contributed by atoms with van der Waals surface area (Å²) in [5.74, 6) is 0. The number of hydrogen-bond donors (Lipinski definition) is 0. The van der Waals surface area contributed by atoms with E-state index in [9.17, 15) is 0 Å². The van der Waals surface area contributed by atoms with E-state index in [1.807, 2.05) is 19.1 Å². The van der Waals surface area contributed by atoms with Crippen molar-refractivity contribution in [1.82, 2.24) is 0 Å². The molecule has 1 nitrogen and oxygen atoms in total. The van der Waals surface area contributed by atoms with Gasteiger partial charge >= 0.3 is 0 Å². The zero-order valence-electron chi connectivity index (χ0n) is 6.33. The van der Waals surface area contributed by atoms with Gasteiger partial charge in [0.1, 0.15) is 0 Å². The molecule has 0 bridgehead atoms. The summed E-state index contributed by atoms with van der Waals surface area (Å²) in [5.41, 5.74) is 2.29. The first-order valence-corrected chi connectivity index (χ1v) is 3.38. The highest BCUT2D eigenvalue weighted by atomic mass is 14.7. The Hall–Kier alpha value is -1.11. The van der Waals surface area contributed by atoms with Crippen molar-refractivity contribution in [2.45, 2.75) is 13.8 Å². The number of nitrogens with zero attached hydrogens (tertiary/aromatic N) is 1. The van der Waals surface area contributed by atoms with Crippen LogP contribution in [-0.2, 0) is 0 Å². The highest BCUT2D eigenvalue weighted by Gasteiger charge is 1.84. The van der Waals surface area contributed by atoms with Crippen LogP contribution in [0.2, 0.25) is 0 Å². The third-order valence-corrected chi connectivity index (χ3v) is 1.31. The zero-order valence-corrected chi connectivity index (χ0v) is 6.33. The lowest BCUT2D eigenvalue weighted by Gasteiger charge is -1.92. The monoisotopic (exact) mass is 133 g/mol. The van der Waals surface area contributed by atoms with E-state index in [0.717, 1.165) is 5.69 Å². The second kappa shape index (κ2) is 3.16. The summed E-state index contributed by atoms with van der Waals surface area (Å²) in [6, 6.07) is 8.13. The molecule has 0 N–H and O–H groups in total. The molecule has 0 aromatic heterocycles. The number of hydrogen-bond acceptors (Lipinski definition) is 1. The minimum Gasteiger partial charge on any atom is -0.262 e. The fourth-order valence-corrected chi connectivity index (χ4v) is 0.780.